The first kappa shape index (κ1) is 17.3. The predicted octanol–water partition coefficient (Wildman–Crippen LogP) is 4.12. The van der Waals surface area contributed by atoms with E-state index in [-0.39, 0.29) is 6.04 Å². The quantitative estimate of drug-likeness (QED) is 0.707. The number of nitrogens with zero attached hydrogens (tertiary/aromatic N) is 1. The van der Waals surface area contributed by atoms with Crippen molar-refractivity contribution in [3.63, 3.8) is 0 Å². The van der Waals surface area contributed by atoms with Gasteiger partial charge in [-0.15, -0.1) is 0 Å². The molecule has 0 radical (unpaired) electrons. The van der Waals surface area contributed by atoms with Crippen molar-refractivity contribution in [2.45, 2.75) is 39.3 Å². The third kappa shape index (κ3) is 5.25. The third-order valence-electron chi connectivity index (χ3n) is 3.76. The zero-order chi connectivity index (χ0) is 16.5. The van der Waals surface area contributed by atoms with E-state index < -0.39 is 0 Å². The van der Waals surface area contributed by atoms with Crippen molar-refractivity contribution in [3.8, 4) is 11.5 Å². The van der Waals surface area contributed by atoms with Crippen molar-refractivity contribution in [3.05, 3.63) is 53.9 Å². The van der Waals surface area contributed by atoms with Gasteiger partial charge in [-0.05, 0) is 43.2 Å². The second kappa shape index (κ2) is 9.16. The number of ether oxygens (including phenoxy) is 2. The van der Waals surface area contributed by atoms with E-state index in [1.165, 1.54) is 5.56 Å². The highest BCUT2D eigenvalue weighted by molar-refractivity contribution is 5.43. The Bertz CT molecular complexity index is 587. The molecule has 0 aliphatic carbocycles. The maximum Gasteiger partial charge on any atom is 0.161 e. The first-order valence-electron chi connectivity index (χ1n) is 8.18. The topological polar surface area (TPSA) is 43.4 Å². The summed E-state index contributed by atoms with van der Waals surface area (Å²) in [7, 11) is 1.68. The van der Waals surface area contributed by atoms with Crippen molar-refractivity contribution in [1.82, 2.24) is 10.3 Å². The molecule has 0 aliphatic rings. The van der Waals surface area contributed by atoms with Crippen molar-refractivity contribution < 1.29 is 9.47 Å². The molecule has 23 heavy (non-hydrogen) atoms. The van der Waals surface area contributed by atoms with Gasteiger partial charge in [-0.2, -0.15) is 0 Å². The van der Waals surface area contributed by atoms with Crippen LogP contribution in [0.5, 0.6) is 11.5 Å². The lowest BCUT2D eigenvalue weighted by Crippen LogP contribution is -2.18. The molecule has 1 atom stereocenters. The fraction of sp³-hybridized carbons (Fsp3) is 0.421. The molecule has 0 saturated heterocycles. The molecule has 0 saturated carbocycles. The lowest BCUT2D eigenvalue weighted by Gasteiger charge is -2.17. The molecule has 0 bridgehead atoms. The summed E-state index contributed by atoms with van der Waals surface area (Å²) in [6.07, 6.45) is 3.98. The molecular formula is C19H26N2O2. The van der Waals surface area contributed by atoms with E-state index in [4.69, 9.17) is 9.47 Å². The maximum atomic E-state index is 5.78. The van der Waals surface area contributed by atoms with Gasteiger partial charge in [0.2, 0.25) is 0 Å². The van der Waals surface area contributed by atoms with Crippen molar-refractivity contribution in [1.29, 1.82) is 0 Å². The van der Waals surface area contributed by atoms with Gasteiger partial charge in [0.1, 0.15) is 0 Å². The Balaban J connectivity index is 1.98. The van der Waals surface area contributed by atoms with Crippen LogP contribution in [0.2, 0.25) is 0 Å². The average Bonchev–Trinajstić information content (AvgIpc) is 2.61. The van der Waals surface area contributed by atoms with Crippen LogP contribution in [0.1, 0.15) is 44.0 Å². The number of methoxy groups -OCH3 is 1. The number of benzene rings is 1. The number of hydrogen-bond donors (Lipinski definition) is 1. The predicted molar refractivity (Wildman–Crippen MR) is 92.9 cm³/mol. The van der Waals surface area contributed by atoms with Crippen LogP contribution in [-0.2, 0) is 6.54 Å². The second-order valence-corrected chi connectivity index (χ2v) is 5.54. The molecule has 0 fully saturated rings. The molecule has 4 heteroatoms. The highest BCUT2D eigenvalue weighted by atomic mass is 16.5. The third-order valence-corrected chi connectivity index (χ3v) is 3.76. The number of aromatic nitrogens is 1. The molecule has 0 aliphatic heterocycles. The number of pyridine rings is 1. The van der Waals surface area contributed by atoms with E-state index in [0.717, 1.165) is 43.2 Å². The Morgan fingerprint density at radius 2 is 2.04 bits per heavy atom. The van der Waals surface area contributed by atoms with Gasteiger partial charge in [0.05, 0.1) is 19.4 Å². The lowest BCUT2D eigenvalue weighted by molar-refractivity contribution is 0.288. The SMILES string of the molecule is CCCCOc1ccc(C(C)NCc2ccccn2)cc1OC. The standard InChI is InChI=1S/C19H26N2O2/c1-4-5-12-23-18-10-9-16(13-19(18)22-3)15(2)21-14-17-8-6-7-11-20-17/h6-11,13,15,21H,4-5,12,14H2,1-3H3. The van der Waals surface area contributed by atoms with Crippen LogP contribution in [0.4, 0.5) is 0 Å². The first-order chi connectivity index (χ1) is 11.2. The monoisotopic (exact) mass is 314 g/mol. The Morgan fingerprint density at radius 1 is 1.17 bits per heavy atom. The van der Waals surface area contributed by atoms with Gasteiger partial charge in [-0.1, -0.05) is 25.5 Å². The molecule has 1 N–H and O–H groups in total. The summed E-state index contributed by atoms with van der Waals surface area (Å²) in [5.41, 5.74) is 2.20. The highest BCUT2D eigenvalue weighted by Crippen LogP contribution is 2.30. The molecule has 0 spiro atoms. The molecule has 0 amide bonds. The molecule has 1 aromatic heterocycles. The Kier molecular flexibility index (Phi) is 6.88. The number of rotatable bonds is 9. The van der Waals surface area contributed by atoms with E-state index >= 15 is 0 Å². The van der Waals surface area contributed by atoms with Gasteiger partial charge >= 0.3 is 0 Å². The van der Waals surface area contributed by atoms with Crippen molar-refractivity contribution in [2.75, 3.05) is 13.7 Å². The second-order valence-electron chi connectivity index (χ2n) is 5.54. The van der Waals surface area contributed by atoms with Crippen molar-refractivity contribution in [2.24, 2.45) is 0 Å². The van der Waals surface area contributed by atoms with E-state index in [1.807, 2.05) is 36.5 Å². The summed E-state index contributed by atoms with van der Waals surface area (Å²) in [5, 5.41) is 3.48. The number of nitrogens with one attached hydrogen (secondary N) is 1. The number of unbranched alkanes of at least 4 members (excludes halogenated alkanes) is 1. The van der Waals surface area contributed by atoms with Crippen LogP contribution < -0.4 is 14.8 Å². The Morgan fingerprint density at radius 3 is 2.74 bits per heavy atom. The Hall–Kier alpha value is -2.07. The van der Waals surface area contributed by atoms with Crippen LogP contribution >= 0.6 is 0 Å². The van der Waals surface area contributed by atoms with Crippen molar-refractivity contribution >= 4 is 0 Å². The largest absolute Gasteiger partial charge is 0.493 e. The molecular weight excluding hydrogens is 288 g/mol. The fourth-order valence-electron chi connectivity index (χ4n) is 2.28. The summed E-state index contributed by atoms with van der Waals surface area (Å²) < 4.78 is 11.2. The minimum absolute atomic E-state index is 0.204. The molecule has 2 rings (SSSR count). The van der Waals surface area contributed by atoms with E-state index in [9.17, 15) is 0 Å². The molecule has 124 valence electrons. The van der Waals surface area contributed by atoms with Gasteiger partial charge in [-0.3, -0.25) is 4.98 Å². The summed E-state index contributed by atoms with van der Waals surface area (Å²) in [6.45, 7) is 5.74. The van der Waals surface area contributed by atoms with Crippen LogP contribution in [0, 0.1) is 0 Å². The summed E-state index contributed by atoms with van der Waals surface area (Å²) >= 11 is 0. The Labute approximate surface area is 138 Å². The molecule has 1 unspecified atom stereocenters. The summed E-state index contributed by atoms with van der Waals surface area (Å²) in [4.78, 5) is 4.33. The fourth-order valence-corrected chi connectivity index (χ4v) is 2.28. The maximum absolute atomic E-state index is 5.78. The van der Waals surface area contributed by atoms with E-state index in [2.05, 4.69) is 30.2 Å². The van der Waals surface area contributed by atoms with Crippen LogP contribution in [-0.4, -0.2) is 18.7 Å². The summed E-state index contributed by atoms with van der Waals surface area (Å²) in [5.74, 6) is 1.59. The minimum atomic E-state index is 0.204. The summed E-state index contributed by atoms with van der Waals surface area (Å²) in [6, 6.07) is 12.3. The minimum Gasteiger partial charge on any atom is -0.493 e. The van der Waals surface area contributed by atoms with Crippen LogP contribution in [0.15, 0.2) is 42.6 Å². The molecule has 4 nitrogen and oxygen atoms in total. The van der Waals surface area contributed by atoms with Gasteiger partial charge in [0.25, 0.3) is 0 Å². The molecule has 2 aromatic rings. The van der Waals surface area contributed by atoms with Gasteiger partial charge in [0, 0.05) is 18.8 Å². The zero-order valence-corrected chi connectivity index (χ0v) is 14.2. The molecule has 1 aromatic carbocycles. The van der Waals surface area contributed by atoms with Gasteiger partial charge < -0.3 is 14.8 Å². The van der Waals surface area contributed by atoms with Crippen LogP contribution in [0.25, 0.3) is 0 Å². The van der Waals surface area contributed by atoms with Crippen LogP contribution in [0.3, 0.4) is 0 Å². The molecule has 1 heterocycles. The van der Waals surface area contributed by atoms with E-state index in [0.29, 0.717) is 0 Å². The highest BCUT2D eigenvalue weighted by Gasteiger charge is 2.10. The average molecular weight is 314 g/mol. The smallest absolute Gasteiger partial charge is 0.161 e. The normalized spacial score (nSPS) is 12.0. The zero-order valence-electron chi connectivity index (χ0n) is 14.2. The lowest BCUT2D eigenvalue weighted by atomic mass is 10.1. The van der Waals surface area contributed by atoms with E-state index in [1.54, 1.807) is 7.11 Å². The van der Waals surface area contributed by atoms with Gasteiger partial charge in [0.15, 0.2) is 11.5 Å². The van der Waals surface area contributed by atoms with Gasteiger partial charge in [-0.25, -0.2) is 0 Å². The number of hydrogen-bond acceptors (Lipinski definition) is 4. The first-order valence-corrected chi connectivity index (χ1v) is 8.18.